The molecule has 0 heterocycles. The zero-order valence-electron chi connectivity index (χ0n) is 38.8. The number of carbonyl (C=O) groups is 3. The SMILES string of the molecule is CCCCCCC(CCCC)C(=O)OCCCCCCOCC(C=O)OCCCCCCOC(=O)C(CCCC)CCCCCC.CCCCCCCCNCC. The number of ether oxygens (including phenoxy) is 4. The maximum Gasteiger partial charge on any atom is 0.308 e. The normalized spacial score (nSPS) is 12.7. The highest BCUT2D eigenvalue weighted by atomic mass is 16.5. The second-order valence-electron chi connectivity index (χ2n) is 16.3. The lowest BCUT2D eigenvalue weighted by molar-refractivity contribution is -0.150. The van der Waals surface area contributed by atoms with E-state index in [1.807, 2.05) is 0 Å². The van der Waals surface area contributed by atoms with Crippen LogP contribution in [0.5, 0.6) is 0 Å². The standard InChI is InChI=1S/C39H74O7.C10H23N/c1-5-9-13-19-27-35(25-11-7-3)38(41)45-31-23-16-15-21-29-43-34-37(33-40)44-30-22-17-18-24-32-46-39(42)36(26-12-8-4)28-20-14-10-6-2;1-3-5-6-7-8-9-10-11-4-2/h33,35-37H,5-32,34H2,1-4H3;11H,3-10H2,1-2H3. The van der Waals surface area contributed by atoms with Crippen molar-refractivity contribution in [2.45, 2.75) is 240 Å². The predicted octanol–water partition coefficient (Wildman–Crippen LogP) is 13.3. The van der Waals surface area contributed by atoms with Crippen LogP contribution in [-0.4, -0.2) is 70.5 Å². The average Bonchev–Trinajstić information content (AvgIpc) is 3.22. The van der Waals surface area contributed by atoms with Crippen LogP contribution in [0.4, 0.5) is 0 Å². The van der Waals surface area contributed by atoms with E-state index in [1.54, 1.807) is 0 Å². The van der Waals surface area contributed by atoms with Crippen LogP contribution in [0, 0.1) is 11.8 Å². The summed E-state index contributed by atoms with van der Waals surface area (Å²) in [5, 5.41) is 3.34. The highest BCUT2D eigenvalue weighted by Gasteiger charge is 2.20. The molecule has 0 spiro atoms. The minimum Gasteiger partial charge on any atom is -0.465 e. The van der Waals surface area contributed by atoms with E-state index in [1.165, 1.54) is 83.6 Å². The summed E-state index contributed by atoms with van der Waals surface area (Å²) in [5.41, 5.74) is 0. The van der Waals surface area contributed by atoms with Crippen LogP contribution in [0.2, 0.25) is 0 Å². The van der Waals surface area contributed by atoms with Crippen molar-refractivity contribution in [1.82, 2.24) is 5.32 Å². The van der Waals surface area contributed by atoms with E-state index in [0.717, 1.165) is 128 Å². The van der Waals surface area contributed by atoms with Gasteiger partial charge in [0.15, 0.2) is 6.29 Å². The first kappa shape index (κ1) is 57.6. The highest BCUT2D eigenvalue weighted by molar-refractivity contribution is 5.72. The minimum absolute atomic E-state index is 0.00616. The molecule has 8 heteroatoms. The van der Waals surface area contributed by atoms with Crippen LogP contribution in [-0.2, 0) is 33.3 Å². The summed E-state index contributed by atoms with van der Waals surface area (Å²) >= 11 is 0. The van der Waals surface area contributed by atoms with Crippen molar-refractivity contribution in [2.24, 2.45) is 11.8 Å². The van der Waals surface area contributed by atoms with Crippen molar-refractivity contribution in [2.75, 3.05) is 46.1 Å². The summed E-state index contributed by atoms with van der Waals surface area (Å²) in [6, 6.07) is 0. The van der Waals surface area contributed by atoms with E-state index in [-0.39, 0.29) is 30.4 Å². The van der Waals surface area contributed by atoms with Crippen molar-refractivity contribution in [3.05, 3.63) is 0 Å². The number of aldehydes is 1. The number of hydrogen-bond donors (Lipinski definition) is 1. The molecule has 0 amide bonds. The number of esters is 2. The summed E-state index contributed by atoms with van der Waals surface area (Å²) in [4.78, 5) is 36.5. The molecule has 0 aliphatic carbocycles. The Kier molecular flexibility index (Phi) is 49.4. The lowest BCUT2D eigenvalue weighted by Crippen LogP contribution is -2.22. The van der Waals surface area contributed by atoms with Gasteiger partial charge in [0.2, 0.25) is 0 Å². The number of nitrogens with one attached hydrogen (secondary N) is 1. The van der Waals surface area contributed by atoms with Crippen LogP contribution in [0.15, 0.2) is 0 Å². The summed E-state index contributed by atoms with van der Waals surface area (Å²) < 4.78 is 22.6. The third-order valence-corrected chi connectivity index (χ3v) is 10.7. The Balaban J connectivity index is 0. The summed E-state index contributed by atoms with van der Waals surface area (Å²) in [6.07, 6.45) is 33.9. The zero-order chi connectivity index (χ0) is 42.3. The topological polar surface area (TPSA) is 100 Å². The highest BCUT2D eigenvalue weighted by Crippen LogP contribution is 2.21. The molecule has 0 aromatic rings. The molecule has 0 saturated carbocycles. The van der Waals surface area contributed by atoms with Gasteiger partial charge in [-0.2, -0.15) is 0 Å². The van der Waals surface area contributed by atoms with Crippen LogP contribution >= 0.6 is 0 Å². The molecule has 0 aliphatic rings. The van der Waals surface area contributed by atoms with Gasteiger partial charge in [0.25, 0.3) is 0 Å². The monoisotopic (exact) mass is 812 g/mol. The summed E-state index contributed by atoms with van der Waals surface area (Å²) in [5.74, 6) is 0.102. The Hall–Kier alpha value is -1.51. The Labute approximate surface area is 354 Å². The molecule has 0 radical (unpaired) electrons. The molecular weight excluding hydrogens is 715 g/mol. The third kappa shape index (κ3) is 42.4. The smallest absolute Gasteiger partial charge is 0.308 e. The Morgan fingerprint density at radius 3 is 1.30 bits per heavy atom. The van der Waals surface area contributed by atoms with E-state index in [4.69, 9.17) is 18.9 Å². The van der Waals surface area contributed by atoms with Gasteiger partial charge >= 0.3 is 11.9 Å². The van der Waals surface area contributed by atoms with Crippen molar-refractivity contribution >= 4 is 18.2 Å². The van der Waals surface area contributed by atoms with E-state index in [9.17, 15) is 14.4 Å². The van der Waals surface area contributed by atoms with Crippen molar-refractivity contribution in [1.29, 1.82) is 0 Å². The van der Waals surface area contributed by atoms with Crippen LogP contribution in [0.1, 0.15) is 234 Å². The summed E-state index contributed by atoms with van der Waals surface area (Å²) in [6.45, 7) is 17.9. The lowest BCUT2D eigenvalue weighted by atomic mass is 9.95. The molecule has 3 atom stereocenters. The molecule has 1 N–H and O–H groups in total. The first-order valence-corrected chi connectivity index (χ1v) is 24.6. The fraction of sp³-hybridized carbons (Fsp3) is 0.939. The van der Waals surface area contributed by atoms with Gasteiger partial charge in [-0.3, -0.25) is 9.59 Å². The molecule has 57 heavy (non-hydrogen) atoms. The van der Waals surface area contributed by atoms with E-state index >= 15 is 0 Å². The van der Waals surface area contributed by atoms with Gasteiger partial charge < -0.3 is 29.1 Å². The van der Waals surface area contributed by atoms with Crippen LogP contribution in [0.3, 0.4) is 0 Å². The van der Waals surface area contributed by atoms with E-state index in [0.29, 0.717) is 26.4 Å². The van der Waals surface area contributed by atoms with Gasteiger partial charge in [-0.25, -0.2) is 0 Å². The predicted molar refractivity (Wildman–Crippen MR) is 241 cm³/mol. The van der Waals surface area contributed by atoms with Gasteiger partial charge in [-0.05, 0) is 83.7 Å². The molecule has 0 bridgehead atoms. The number of unbranched alkanes of at least 4 members (excludes halogenated alkanes) is 19. The van der Waals surface area contributed by atoms with Crippen LogP contribution in [0.25, 0.3) is 0 Å². The Morgan fingerprint density at radius 2 is 0.842 bits per heavy atom. The second-order valence-corrected chi connectivity index (χ2v) is 16.3. The fourth-order valence-corrected chi connectivity index (χ4v) is 6.86. The van der Waals surface area contributed by atoms with E-state index in [2.05, 4.69) is 46.9 Å². The molecule has 0 aromatic heterocycles. The van der Waals surface area contributed by atoms with Crippen molar-refractivity contribution in [3.63, 3.8) is 0 Å². The molecule has 0 aliphatic heterocycles. The van der Waals surface area contributed by atoms with Crippen LogP contribution < -0.4 is 5.32 Å². The molecule has 340 valence electrons. The average molecular weight is 812 g/mol. The van der Waals surface area contributed by atoms with Gasteiger partial charge in [0, 0.05) is 13.2 Å². The quantitative estimate of drug-likeness (QED) is 0.0369. The minimum atomic E-state index is -0.527. The number of hydrogen-bond acceptors (Lipinski definition) is 8. The van der Waals surface area contributed by atoms with Gasteiger partial charge in [0.05, 0.1) is 31.7 Å². The maximum absolute atomic E-state index is 12.5. The zero-order valence-corrected chi connectivity index (χ0v) is 38.8. The molecule has 0 saturated heterocycles. The number of rotatable bonds is 44. The second kappa shape index (κ2) is 48.9. The first-order chi connectivity index (χ1) is 27.9. The first-order valence-electron chi connectivity index (χ1n) is 24.6. The lowest BCUT2D eigenvalue weighted by Gasteiger charge is -2.16. The van der Waals surface area contributed by atoms with Gasteiger partial charge in [-0.1, -0.05) is 164 Å². The maximum atomic E-state index is 12.5. The molecule has 8 nitrogen and oxygen atoms in total. The van der Waals surface area contributed by atoms with Gasteiger partial charge in [-0.15, -0.1) is 0 Å². The Bertz CT molecular complexity index is 818. The van der Waals surface area contributed by atoms with Crippen molar-refractivity contribution < 1.29 is 33.3 Å². The molecule has 0 rings (SSSR count). The molecule has 0 aromatic carbocycles. The summed E-state index contributed by atoms with van der Waals surface area (Å²) in [7, 11) is 0. The fourth-order valence-electron chi connectivity index (χ4n) is 6.86. The Morgan fingerprint density at radius 1 is 0.456 bits per heavy atom. The molecular formula is C49H97NO7. The third-order valence-electron chi connectivity index (χ3n) is 10.7. The van der Waals surface area contributed by atoms with E-state index < -0.39 is 6.10 Å². The largest absolute Gasteiger partial charge is 0.465 e. The molecule has 0 fully saturated rings. The molecule has 3 unspecified atom stereocenters. The number of carbonyl (C=O) groups excluding carboxylic acids is 3. The van der Waals surface area contributed by atoms with Crippen molar-refractivity contribution in [3.8, 4) is 0 Å². The van der Waals surface area contributed by atoms with Gasteiger partial charge in [0.1, 0.15) is 6.10 Å².